The molecular formula is C17H17F3N6. The zero-order valence-electron chi connectivity index (χ0n) is 14.5. The van der Waals surface area contributed by atoms with Crippen molar-refractivity contribution in [2.45, 2.75) is 46.0 Å². The molecule has 0 fully saturated rings. The van der Waals surface area contributed by atoms with Gasteiger partial charge in [-0.25, -0.2) is 0 Å². The zero-order chi connectivity index (χ0) is 18.6. The van der Waals surface area contributed by atoms with E-state index in [0.717, 1.165) is 23.1 Å². The molecule has 9 heteroatoms. The second kappa shape index (κ2) is 5.65. The zero-order valence-corrected chi connectivity index (χ0v) is 14.5. The fraction of sp³-hybridized carbons (Fsp3) is 0.412. The van der Waals surface area contributed by atoms with Crippen LogP contribution in [-0.4, -0.2) is 30.8 Å². The second-order valence-corrected chi connectivity index (χ2v) is 6.68. The van der Waals surface area contributed by atoms with Gasteiger partial charge < -0.3 is 4.90 Å². The van der Waals surface area contributed by atoms with Gasteiger partial charge in [-0.1, -0.05) is 0 Å². The third-order valence-corrected chi connectivity index (χ3v) is 4.99. The molecule has 0 saturated carbocycles. The van der Waals surface area contributed by atoms with E-state index in [1.165, 1.54) is 12.4 Å². The Morgan fingerprint density at radius 1 is 1.19 bits per heavy atom. The first kappa shape index (κ1) is 16.7. The van der Waals surface area contributed by atoms with Crippen molar-refractivity contribution in [2.75, 3.05) is 4.90 Å². The quantitative estimate of drug-likeness (QED) is 0.666. The molecule has 0 bridgehead atoms. The van der Waals surface area contributed by atoms with Gasteiger partial charge in [0.25, 0.3) is 0 Å². The predicted molar refractivity (Wildman–Crippen MR) is 88.8 cm³/mol. The minimum absolute atomic E-state index is 0.0614. The molecule has 26 heavy (non-hydrogen) atoms. The van der Waals surface area contributed by atoms with Gasteiger partial charge in [0, 0.05) is 42.0 Å². The van der Waals surface area contributed by atoms with Crippen LogP contribution in [0, 0.1) is 13.8 Å². The molecular weight excluding hydrogens is 345 g/mol. The van der Waals surface area contributed by atoms with Crippen molar-refractivity contribution in [1.82, 2.24) is 24.8 Å². The highest BCUT2D eigenvalue weighted by molar-refractivity contribution is 5.60. The molecule has 0 N–H and O–H groups in total. The maximum absolute atomic E-state index is 13.0. The van der Waals surface area contributed by atoms with Gasteiger partial charge in [0.2, 0.25) is 0 Å². The van der Waals surface area contributed by atoms with Crippen LogP contribution >= 0.6 is 0 Å². The lowest BCUT2D eigenvalue weighted by Crippen LogP contribution is -2.40. The number of fused-ring (bicyclic) bond motifs is 2. The van der Waals surface area contributed by atoms with Gasteiger partial charge in [0.15, 0.2) is 11.5 Å². The van der Waals surface area contributed by atoms with Gasteiger partial charge in [0.1, 0.15) is 6.33 Å². The highest BCUT2D eigenvalue weighted by Gasteiger charge is 2.34. The molecule has 4 heterocycles. The summed E-state index contributed by atoms with van der Waals surface area (Å²) in [5.74, 6) is 0.727. The minimum atomic E-state index is -4.40. The molecule has 1 atom stereocenters. The molecule has 0 aliphatic carbocycles. The first-order valence-corrected chi connectivity index (χ1v) is 8.24. The van der Waals surface area contributed by atoms with Crippen LogP contribution in [0.3, 0.4) is 0 Å². The van der Waals surface area contributed by atoms with E-state index < -0.39 is 11.7 Å². The fourth-order valence-electron chi connectivity index (χ4n) is 3.36. The van der Waals surface area contributed by atoms with Gasteiger partial charge in [-0.2, -0.15) is 17.7 Å². The van der Waals surface area contributed by atoms with Crippen LogP contribution in [0.1, 0.15) is 34.9 Å². The molecule has 3 aromatic rings. The number of rotatable bonds is 1. The van der Waals surface area contributed by atoms with Gasteiger partial charge in [-0.3, -0.25) is 4.98 Å². The van der Waals surface area contributed by atoms with E-state index in [0.29, 0.717) is 29.9 Å². The van der Waals surface area contributed by atoms with E-state index in [1.807, 2.05) is 25.7 Å². The maximum atomic E-state index is 13.0. The number of hydrogen-bond donors (Lipinski definition) is 0. The van der Waals surface area contributed by atoms with Crippen LogP contribution in [-0.2, 0) is 19.1 Å². The Labute approximate surface area is 147 Å². The Kier molecular flexibility index (Phi) is 3.64. The first-order valence-electron chi connectivity index (χ1n) is 8.24. The van der Waals surface area contributed by atoms with Crippen molar-refractivity contribution in [3.8, 4) is 0 Å². The van der Waals surface area contributed by atoms with E-state index in [2.05, 4.69) is 20.3 Å². The van der Waals surface area contributed by atoms with E-state index in [9.17, 15) is 13.2 Å². The van der Waals surface area contributed by atoms with Crippen molar-refractivity contribution >= 4 is 11.5 Å². The second-order valence-electron chi connectivity index (χ2n) is 6.68. The number of alkyl halides is 3. The van der Waals surface area contributed by atoms with Crippen LogP contribution < -0.4 is 4.90 Å². The Hall–Kier alpha value is -2.71. The Balaban J connectivity index is 1.79. The summed E-state index contributed by atoms with van der Waals surface area (Å²) in [5, 5.41) is 12.5. The summed E-state index contributed by atoms with van der Waals surface area (Å²) in [6.45, 7) is 6.23. The molecule has 0 aromatic carbocycles. The molecule has 1 aliphatic heterocycles. The number of halogens is 3. The fourth-order valence-corrected chi connectivity index (χ4v) is 3.36. The first-order chi connectivity index (χ1) is 12.3. The summed E-state index contributed by atoms with van der Waals surface area (Å²) in [4.78, 5) is 6.07. The van der Waals surface area contributed by atoms with E-state index in [1.54, 1.807) is 4.52 Å². The summed E-state index contributed by atoms with van der Waals surface area (Å²) in [7, 11) is 0. The lowest BCUT2D eigenvalue weighted by atomic mass is 9.97. The van der Waals surface area contributed by atoms with Gasteiger partial charge >= 0.3 is 6.18 Å². The molecule has 1 unspecified atom stereocenters. The number of aryl methyl sites for hydroxylation is 1. The molecule has 0 amide bonds. The van der Waals surface area contributed by atoms with Crippen LogP contribution in [0.15, 0.2) is 18.6 Å². The third kappa shape index (κ3) is 2.58. The summed E-state index contributed by atoms with van der Waals surface area (Å²) >= 11 is 0. The Bertz CT molecular complexity index is 994. The average molecular weight is 362 g/mol. The van der Waals surface area contributed by atoms with Crippen molar-refractivity contribution in [1.29, 1.82) is 0 Å². The molecule has 0 radical (unpaired) electrons. The number of hydrogen-bond acceptors (Lipinski definition) is 5. The highest BCUT2D eigenvalue weighted by Crippen LogP contribution is 2.34. The monoisotopic (exact) mass is 362 g/mol. The molecule has 6 nitrogen and oxygen atoms in total. The van der Waals surface area contributed by atoms with E-state index in [4.69, 9.17) is 0 Å². The van der Waals surface area contributed by atoms with Crippen LogP contribution in [0.5, 0.6) is 0 Å². The third-order valence-electron chi connectivity index (χ3n) is 4.99. The molecule has 1 aliphatic rings. The van der Waals surface area contributed by atoms with Gasteiger partial charge in [-0.15, -0.1) is 15.3 Å². The number of nitrogens with zero attached hydrogens (tertiary/aromatic N) is 6. The van der Waals surface area contributed by atoms with E-state index in [-0.39, 0.29) is 6.04 Å². The summed E-state index contributed by atoms with van der Waals surface area (Å²) < 4.78 is 40.7. The van der Waals surface area contributed by atoms with Gasteiger partial charge in [-0.05, 0) is 32.4 Å². The van der Waals surface area contributed by atoms with Crippen LogP contribution in [0.2, 0.25) is 0 Å². The average Bonchev–Trinajstić information content (AvgIpc) is 3.05. The smallest absolute Gasteiger partial charge is 0.347 e. The molecule has 136 valence electrons. The molecule has 0 saturated heterocycles. The maximum Gasteiger partial charge on any atom is 0.417 e. The summed E-state index contributed by atoms with van der Waals surface area (Å²) in [5.41, 5.74) is 3.15. The summed E-state index contributed by atoms with van der Waals surface area (Å²) in [6.07, 6.45) is -1.40. The number of anilines is 1. The van der Waals surface area contributed by atoms with Crippen LogP contribution in [0.25, 0.3) is 5.65 Å². The Morgan fingerprint density at radius 3 is 2.69 bits per heavy atom. The van der Waals surface area contributed by atoms with Crippen molar-refractivity contribution in [3.63, 3.8) is 0 Å². The lowest BCUT2D eigenvalue weighted by molar-refractivity contribution is -0.137. The largest absolute Gasteiger partial charge is 0.417 e. The molecule has 3 aromatic heterocycles. The topological polar surface area (TPSA) is 59.2 Å². The van der Waals surface area contributed by atoms with Crippen LogP contribution in [0.4, 0.5) is 19.0 Å². The van der Waals surface area contributed by atoms with Crippen molar-refractivity contribution in [3.05, 3.63) is 46.5 Å². The SMILES string of the molecule is Cc1c(N2Cc3cc(C(F)(F)F)cnc3CC2C)nn2cnnc2c1C. The minimum Gasteiger partial charge on any atom is -0.347 e. The van der Waals surface area contributed by atoms with Crippen molar-refractivity contribution in [2.24, 2.45) is 0 Å². The van der Waals surface area contributed by atoms with E-state index >= 15 is 0 Å². The lowest BCUT2D eigenvalue weighted by Gasteiger charge is -2.36. The normalized spacial score (nSPS) is 17.6. The molecule has 4 rings (SSSR count). The van der Waals surface area contributed by atoms with Crippen molar-refractivity contribution < 1.29 is 13.2 Å². The Morgan fingerprint density at radius 2 is 1.96 bits per heavy atom. The van der Waals surface area contributed by atoms with Gasteiger partial charge in [0.05, 0.1) is 5.56 Å². The number of pyridine rings is 1. The molecule has 0 spiro atoms. The summed E-state index contributed by atoms with van der Waals surface area (Å²) in [6, 6.07) is 1.26. The predicted octanol–water partition coefficient (Wildman–Crippen LogP) is 3.11. The number of aromatic nitrogens is 5. The standard InChI is InChI=1S/C17H17F3N6/c1-9-4-14-12(5-13(6-21-14)17(18,19)20)7-25(9)16-11(3)10(2)15-23-22-8-26(15)24-16/h5-6,8-9H,4,7H2,1-3H3. The highest BCUT2D eigenvalue weighted by atomic mass is 19.4.